The average Bonchev–Trinajstić information content (AvgIpc) is 2.49. The highest BCUT2D eigenvalue weighted by atomic mass is 16.2. The van der Waals surface area contributed by atoms with E-state index in [2.05, 4.69) is 18.0 Å². The quantitative estimate of drug-likeness (QED) is 0.795. The van der Waals surface area contributed by atoms with Gasteiger partial charge in [-0.15, -0.1) is 0 Å². The Bertz CT molecular complexity index is 374. The molecule has 2 rings (SSSR count). The molecule has 0 radical (unpaired) electrons. The van der Waals surface area contributed by atoms with Crippen LogP contribution in [0.2, 0.25) is 0 Å². The fourth-order valence-corrected chi connectivity index (χ4v) is 3.61. The Hall–Kier alpha value is -1.08. The van der Waals surface area contributed by atoms with E-state index in [1.807, 2.05) is 11.9 Å². The van der Waals surface area contributed by atoms with E-state index in [1.165, 1.54) is 0 Å². The largest absolute Gasteiger partial charge is 0.344 e. The third-order valence-electron chi connectivity index (χ3n) is 5.05. The van der Waals surface area contributed by atoms with Gasteiger partial charge in [-0.1, -0.05) is 19.3 Å². The van der Waals surface area contributed by atoms with Crippen LogP contribution in [0.5, 0.6) is 0 Å². The molecule has 0 unspecified atom stereocenters. The van der Waals surface area contributed by atoms with E-state index >= 15 is 0 Å². The third-order valence-corrected chi connectivity index (χ3v) is 5.05. The van der Waals surface area contributed by atoms with E-state index in [1.54, 1.807) is 0 Å². The van der Waals surface area contributed by atoms with Crippen LogP contribution >= 0.6 is 0 Å². The molecule has 2 aliphatic rings. The topological polar surface area (TPSA) is 47.3 Å². The molecule has 1 saturated carbocycles. The smallest absolute Gasteiger partial charge is 0.242 e. The van der Waals surface area contributed by atoms with Gasteiger partial charge < -0.3 is 9.80 Å². The van der Waals surface area contributed by atoms with Gasteiger partial charge in [0.1, 0.15) is 5.41 Å². The SMILES string of the molecule is CN1CCC(CN(C)C(=O)C2(C#N)CCCCC2)CC1. The van der Waals surface area contributed by atoms with Crippen LogP contribution in [0, 0.1) is 22.7 Å². The van der Waals surface area contributed by atoms with Crippen molar-refractivity contribution in [3.63, 3.8) is 0 Å². The maximum atomic E-state index is 12.7. The van der Waals surface area contributed by atoms with Crippen molar-refractivity contribution in [3.8, 4) is 6.07 Å². The van der Waals surface area contributed by atoms with Gasteiger partial charge >= 0.3 is 0 Å². The minimum atomic E-state index is -0.724. The molecule has 4 nitrogen and oxygen atoms in total. The van der Waals surface area contributed by atoms with Crippen molar-refractivity contribution in [2.75, 3.05) is 33.7 Å². The zero-order valence-electron chi connectivity index (χ0n) is 12.9. The number of amides is 1. The van der Waals surface area contributed by atoms with Crippen LogP contribution in [-0.4, -0.2) is 49.4 Å². The second-order valence-electron chi connectivity index (χ2n) is 6.69. The number of nitrogens with zero attached hydrogens (tertiary/aromatic N) is 3. The number of rotatable bonds is 3. The van der Waals surface area contributed by atoms with Gasteiger partial charge in [0.2, 0.25) is 5.91 Å². The molecule has 0 aromatic carbocycles. The lowest BCUT2D eigenvalue weighted by molar-refractivity contribution is -0.140. The maximum Gasteiger partial charge on any atom is 0.242 e. The fraction of sp³-hybridized carbons (Fsp3) is 0.875. The Morgan fingerprint density at radius 3 is 2.45 bits per heavy atom. The predicted molar refractivity (Wildman–Crippen MR) is 79.0 cm³/mol. The summed E-state index contributed by atoms with van der Waals surface area (Å²) < 4.78 is 0. The standard InChI is InChI=1S/C16H27N3O/c1-18-10-6-14(7-11-18)12-19(2)15(20)16(13-17)8-4-3-5-9-16/h14H,3-12H2,1-2H3. The number of hydrogen-bond donors (Lipinski definition) is 0. The van der Waals surface area contributed by atoms with Gasteiger partial charge in [-0.05, 0) is 51.7 Å². The number of hydrogen-bond acceptors (Lipinski definition) is 3. The van der Waals surface area contributed by atoms with E-state index in [9.17, 15) is 10.1 Å². The first kappa shape index (κ1) is 15.3. The van der Waals surface area contributed by atoms with Crippen LogP contribution < -0.4 is 0 Å². The van der Waals surface area contributed by atoms with Crippen molar-refractivity contribution in [1.29, 1.82) is 5.26 Å². The monoisotopic (exact) mass is 277 g/mol. The summed E-state index contributed by atoms with van der Waals surface area (Å²) in [5.41, 5.74) is -0.724. The van der Waals surface area contributed by atoms with Crippen LogP contribution in [0.3, 0.4) is 0 Å². The summed E-state index contributed by atoms with van der Waals surface area (Å²) in [6.07, 6.45) is 7.01. The van der Waals surface area contributed by atoms with Crippen LogP contribution in [0.4, 0.5) is 0 Å². The highest BCUT2D eigenvalue weighted by molar-refractivity contribution is 5.85. The lowest BCUT2D eigenvalue weighted by Crippen LogP contribution is -2.45. The van der Waals surface area contributed by atoms with E-state index in [-0.39, 0.29) is 5.91 Å². The summed E-state index contributed by atoms with van der Waals surface area (Å²) in [5.74, 6) is 0.665. The molecule has 0 atom stereocenters. The molecule has 0 aromatic rings. The second kappa shape index (κ2) is 6.58. The van der Waals surface area contributed by atoms with E-state index in [4.69, 9.17) is 0 Å². The number of carbonyl (C=O) groups excluding carboxylic acids is 1. The molecular formula is C16H27N3O. The van der Waals surface area contributed by atoms with Gasteiger partial charge in [-0.25, -0.2) is 0 Å². The Kier molecular flexibility index (Phi) is 5.04. The molecule has 4 heteroatoms. The van der Waals surface area contributed by atoms with Crippen LogP contribution in [0.15, 0.2) is 0 Å². The molecule has 1 aliphatic heterocycles. The van der Waals surface area contributed by atoms with Gasteiger partial charge in [0.15, 0.2) is 0 Å². The first-order chi connectivity index (χ1) is 9.57. The van der Waals surface area contributed by atoms with Crippen LogP contribution in [0.1, 0.15) is 44.9 Å². The van der Waals surface area contributed by atoms with E-state index in [0.717, 1.165) is 64.6 Å². The van der Waals surface area contributed by atoms with Crippen LogP contribution in [-0.2, 0) is 4.79 Å². The minimum Gasteiger partial charge on any atom is -0.344 e. The van der Waals surface area contributed by atoms with Crippen LogP contribution in [0.25, 0.3) is 0 Å². The lowest BCUT2D eigenvalue weighted by Gasteiger charge is -2.36. The first-order valence-corrected chi connectivity index (χ1v) is 7.93. The molecule has 0 bridgehead atoms. The van der Waals surface area contributed by atoms with Gasteiger partial charge in [-0.3, -0.25) is 4.79 Å². The molecule has 0 spiro atoms. The minimum absolute atomic E-state index is 0.0682. The van der Waals surface area contributed by atoms with Gasteiger partial charge in [-0.2, -0.15) is 5.26 Å². The third kappa shape index (κ3) is 3.32. The summed E-state index contributed by atoms with van der Waals surface area (Å²) in [7, 11) is 4.03. The molecule has 20 heavy (non-hydrogen) atoms. The Morgan fingerprint density at radius 2 is 1.90 bits per heavy atom. The molecular weight excluding hydrogens is 250 g/mol. The van der Waals surface area contributed by atoms with Crippen molar-refractivity contribution < 1.29 is 4.79 Å². The summed E-state index contributed by atoms with van der Waals surface area (Å²) in [5, 5.41) is 9.50. The van der Waals surface area contributed by atoms with Gasteiger partial charge in [0.05, 0.1) is 6.07 Å². The van der Waals surface area contributed by atoms with Crippen molar-refractivity contribution in [2.45, 2.75) is 44.9 Å². The molecule has 112 valence electrons. The summed E-state index contributed by atoms with van der Waals surface area (Å²) >= 11 is 0. The Morgan fingerprint density at radius 1 is 1.30 bits per heavy atom. The van der Waals surface area contributed by atoms with E-state index in [0.29, 0.717) is 5.92 Å². The molecule has 1 amide bonds. The molecule has 2 fully saturated rings. The summed E-state index contributed by atoms with van der Waals surface area (Å²) in [4.78, 5) is 16.9. The summed E-state index contributed by atoms with van der Waals surface area (Å²) in [6, 6.07) is 2.34. The molecule has 1 saturated heterocycles. The van der Waals surface area contributed by atoms with Crippen molar-refractivity contribution in [1.82, 2.24) is 9.80 Å². The molecule has 0 aromatic heterocycles. The predicted octanol–water partition coefficient (Wildman–Crippen LogP) is 2.26. The lowest BCUT2D eigenvalue weighted by atomic mass is 9.74. The van der Waals surface area contributed by atoms with Crippen molar-refractivity contribution in [3.05, 3.63) is 0 Å². The highest BCUT2D eigenvalue weighted by Gasteiger charge is 2.41. The summed E-state index contributed by atoms with van der Waals surface area (Å²) in [6.45, 7) is 3.06. The molecule has 1 heterocycles. The molecule has 0 N–H and O–H groups in total. The Labute approximate surface area is 122 Å². The zero-order valence-corrected chi connectivity index (χ0v) is 12.9. The number of nitriles is 1. The number of carbonyl (C=O) groups is 1. The number of piperidine rings is 1. The van der Waals surface area contributed by atoms with Crippen molar-refractivity contribution >= 4 is 5.91 Å². The van der Waals surface area contributed by atoms with E-state index < -0.39 is 5.41 Å². The normalized spacial score (nSPS) is 24.1. The fourth-order valence-electron chi connectivity index (χ4n) is 3.61. The number of likely N-dealkylation sites (tertiary alicyclic amines) is 1. The second-order valence-corrected chi connectivity index (χ2v) is 6.69. The maximum absolute atomic E-state index is 12.7. The van der Waals surface area contributed by atoms with Gasteiger partial charge in [0.25, 0.3) is 0 Å². The Balaban J connectivity index is 1.92. The van der Waals surface area contributed by atoms with Gasteiger partial charge in [0, 0.05) is 13.6 Å². The molecule has 1 aliphatic carbocycles. The van der Waals surface area contributed by atoms with Crippen molar-refractivity contribution in [2.24, 2.45) is 11.3 Å². The highest BCUT2D eigenvalue weighted by Crippen LogP contribution is 2.37. The zero-order chi connectivity index (χ0) is 14.6. The first-order valence-electron chi connectivity index (χ1n) is 7.93. The average molecular weight is 277 g/mol.